The van der Waals surface area contributed by atoms with E-state index in [1.807, 2.05) is 13.0 Å². The number of hydrogen-bond acceptors (Lipinski definition) is 5. The molecule has 6 nitrogen and oxygen atoms in total. The second kappa shape index (κ2) is 7.09. The Balaban J connectivity index is 2.18. The number of aromatic nitrogens is 3. The minimum Gasteiger partial charge on any atom is -0.294 e. The van der Waals surface area contributed by atoms with Gasteiger partial charge in [-0.25, -0.2) is 18.4 Å². The van der Waals surface area contributed by atoms with Gasteiger partial charge in [-0.1, -0.05) is 18.5 Å². The summed E-state index contributed by atoms with van der Waals surface area (Å²) >= 11 is 9.40. The molecule has 2 aromatic heterocycles. The van der Waals surface area contributed by atoms with Crippen molar-refractivity contribution in [1.29, 1.82) is 0 Å². The lowest BCUT2D eigenvalue weighted by Crippen LogP contribution is -2.23. The first-order chi connectivity index (χ1) is 12.2. The van der Waals surface area contributed by atoms with Crippen molar-refractivity contribution < 1.29 is 8.42 Å². The Bertz CT molecular complexity index is 1180. The highest BCUT2D eigenvalue weighted by atomic mass is 79.9. The van der Waals surface area contributed by atoms with Crippen molar-refractivity contribution in [2.75, 3.05) is 5.75 Å². The van der Waals surface area contributed by atoms with Crippen LogP contribution < -0.4 is 5.56 Å². The molecule has 0 aliphatic heterocycles. The fourth-order valence-corrected chi connectivity index (χ4v) is 4.53. The van der Waals surface area contributed by atoms with E-state index in [0.29, 0.717) is 21.5 Å². The molecule has 0 aliphatic carbocycles. The SMILES string of the molecule is CCS(=O)(=O)c1ncc(Cl)cc1Cn1cnc2c(Br)cc(C)cc2c1=O. The van der Waals surface area contributed by atoms with Gasteiger partial charge in [-0.05, 0) is 46.6 Å². The van der Waals surface area contributed by atoms with Crippen molar-refractivity contribution in [3.8, 4) is 0 Å². The van der Waals surface area contributed by atoms with Crippen LogP contribution in [0.25, 0.3) is 10.9 Å². The zero-order valence-electron chi connectivity index (χ0n) is 14.0. The molecule has 3 aromatic rings. The number of aryl methyl sites for hydroxylation is 1. The number of halogens is 2. The normalized spacial score (nSPS) is 11.8. The van der Waals surface area contributed by atoms with Crippen LogP contribution in [0.3, 0.4) is 0 Å². The molecule has 0 spiro atoms. The average molecular weight is 457 g/mol. The van der Waals surface area contributed by atoms with Gasteiger partial charge in [-0.3, -0.25) is 9.36 Å². The lowest BCUT2D eigenvalue weighted by molar-refractivity contribution is 0.590. The predicted octanol–water partition coefficient (Wildman–Crippen LogP) is 3.36. The molecule has 0 atom stereocenters. The van der Waals surface area contributed by atoms with E-state index in [-0.39, 0.29) is 22.9 Å². The monoisotopic (exact) mass is 455 g/mol. The van der Waals surface area contributed by atoms with Crippen molar-refractivity contribution in [2.45, 2.75) is 25.4 Å². The average Bonchev–Trinajstić information content (AvgIpc) is 2.57. The highest BCUT2D eigenvalue weighted by Gasteiger charge is 2.20. The number of fused-ring (bicyclic) bond motifs is 1. The lowest BCUT2D eigenvalue weighted by atomic mass is 10.1. The first kappa shape index (κ1) is 19.0. The third kappa shape index (κ3) is 3.54. The summed E-state index contributed by atoms with van der Waals surface area (Å²) in [6.07, 6.45) is 2.68. The van der Waals surface area contributed by atoms with Crippen molar-refractivity contribution >= 4 is 48.3 Å². The molecule has 0 amide bonds. The molecule has 1 aromatic carbocycles. The van der Waals surface area contributed by atoms with Gasteiger partial charge in [0.25, 0.3) is 5.56 Å². The molecule has 0 saturated heterocycles. The third-order valence-electron chi connectivity index (χ3n) is 3.93. The van der Waals surface area contributed by atoms with E-state index in [1.165, 1.54) is 23.2 Å². The zero-order valence-corrected chi connectivity index (χ0v) is 17.2. The van der Waals surface area contributed by atoms with E-state index < -0.39 is 9.84 Å². The Kier molecular flexibility index (Phi) is 5.18. The van der Waals surface area contributed by atoms with Crippen molar-refractivity contribution in [3.05, 3.63) is 61.7 Å². The molecule has 0 aliphatic rings. The topological polar surface area (TPSA) is 81.9 Å². The van der Waals surface area contributed by atoms with Gasteiger partial charge in [-0.2, -0.15) is 0 Å². The van der Waals surface area contributed by atoms with Crippen LogP contribution >= 0.6 is 27.5 Å². The summed E-state index contributed by atoms with van der Waals surface area (Å²) < 4.78 is 26.7. The molecule has 0 unspecified atom stereocenters. The number of hydrogen-bond donors (Lipinski definition) is 0. The summed E-state index contributed by atoms with van der Waals surface area (Å²) in [5, 5.41) is 0.687. The highest BCUT2D eigenvalue weighted by molar-refractivity contribution is 9.10. The molecule has 0 N–H and O–H groups in total. The third-order valence-corrected chi connectivity index (χ3v) is 6.46. The summed E-state index contributed by atoms with van der Waals surface area (Å²) in [7, 11) is -3.55. The molecule has 0 radical (unpaired) electrons. The van der Waals surface area contributed by atoms with Gasteiger partial charge in [0.15, 0.2) is 14.9 Å². The Morgan fingerprint density at radius 1 is 1.23 bits per heavy atom. The van der Waals surface area contributed by atoms with Gasteiger partial charge in [0, 0.05) is 16.2 Å². The van der Waals surface area contributed by atoms with Crippen LogP contribution in [0.4, 0.5) is 0 Å². The summed E-state index contributed by atoms with van der Waals surface area (Å²) in [6.45, 7) is 3.43. The van der Waals surface area contributed by atoms with Gasteiger partial charge < -0.3 is 0 Å². The molecule has 9 heteroatoms. The van der Waals surface area contributed by atoms with Gasteiger partial charge >= 0.3 is 0 Å². The van der Waals surface area contributed by atoms with Crippen molar-refractivity contribution in [2.24, 2.45) is 0 Å². The predicted molar refractivity (Wildman–Crippen MR) is 105 cm³/mol. The fourth-order valence-electron chi connectivity index (χ4n) is 2.66. The maximum atomic E-state index is 12.9. The molecule has 136 valence electrons. The minimum atomic E-state index is -3.55. The van der Waals surface area contributed by atoms with E-state index in [1.54, 1.807) is 13.0 Å². The second-order valence-electron chi connectivity index (χ2n) is 5.84. The van der Waals surface area contributed by atoms with E-state index >= 15 is 0 Å². The van der Waals surface area contributed by atoms with E-state index in [2.05, 4.69) is 25.9 Å². The van der Waals surface area contributed by atoms with Crippen LogP contribution in [0.5, 0.6) is 0 Å². The highest BCUT2D eigenvalue weighted by Crippen LogP contribution is 2.23. The minimum absolute atomic E-state index is 0.00938. The van der Waals surface area contributed by atoms with Crippen molar-refractivity contribution in [3.63, 3.8) is 0 Å². The molecule has 2 heterocycles. The largest absolute Gasteiger partial charge is 0.294 e. The lowest BCUT2D eigenvalue weighted by Gasteiger charge is -2.12. The molecule has 0 saturated carbocycles. The number of pyridine rings is 1. The molecular weight excluding hydrogens is 442 g/mol. The fraction of sp³-hybridized carbons (Fsp3) is 0.235. The summed E-state index contributed by atoms with van der Waals surface area (Å²) in [6, 6.07) is 5.15. The van der Waals surface area contributed by atoms with Gasteiger partial charge in [0.05, 0.1) is 34.6 Å². The molecule has 0 bridgehead atoms. The molecule has 3 rings (SSSR count). The number of benzene rings is 1. The van der Waals surface area contributed by atoms with E-state index in [9.17, 15) is 13.2 Å². The first-order valence-electron chi connectivity index (χ1n) is 7.75. The summed E-state index contributed by atoms with van der Waals surface area (Å²) in [5.74, 6) is -0.0916. The molecule has 26 heavy (non-hydrogen) atoms. The smallest absolute Gasteiger partial charge is 0.261 e. The van der Waals surface area contributed by atoms with Crippen LogP contribution in [0, 0.1) is 6.92 Å². The Morgan fingerprint density at radius 3 is 2.65 bits per heavy atom. The number of rotatable bonds is 4. The zero-order chi connectivity index (χ0) is 19.1. The van der Waals surface area contributed by atoms with Crippen molar-refractivity contribution in [1.82, 2.24) is 14.5 Å². The van der Waals surface area contributed by atoms with E-state index in [0.717, 1.165) is 10.0 Å². The maximum Gasteiger partial charge on any atom is 0.261 e. The second-order valence-corrected chi connectivity index (χ2v) is 9.33. The van der Waals surface area contributed by atoms with Crippen LogP contribution in [-0.2, 0) is 16.4 Å². The van der Waals surface area contributed by atoms with Gasteiger partial charge in [-0.15, -0.1) is 0 Å². The standard InChI is InChI=1S/C17H15BrClN3O3S/c1-3-26(24,25)16-11(6-12(19)7-20-16)8-22-9-21-15-13(17(22)23)4-10(2)5-14(15)18/h4-7,9H,3,8H2,1-2H3. The summed E-state index contributed by atoms with van der Waals surface area (Å²) in [4.78, 5) is 21.2. The van der Waals surface area contributed by atoms with Crippen LogP contribution in [0.2, 0.25) is 5.02 Å². The number of nitrogens with zero attached hydrogens (tertiary/aromatic N) is 3. The van der Waals surface area contributed by atoms with Gasteiger partial charge in [0.2, 0.25) is 0 Å². The molecule has 0 fully saturated rings. The summed E-state index contributed by atoms with van der Waals surface area (Å²) in [5.41, 5.74) is 1.57. The maximum absolute atomic E-state index is 12.9. The van der Waals surface area contributed by atoms with Crippen LogP contribution in [0.15, 0.2) is 45.0 Å². The quantitative estimate of drug-likeness (QED) is 0.601. The Labute approximate surface area is 163 Å². The van der Waals surface area contributed by atoms with Gasteiger partial charge in [0.1, 0.15) is 0 Å². The van der Waals surface area contributed by atoms with Crippen LogP contribution in [-0.4, -0.2) is 28.7 Å². The first-order valence-corrected chi connectivity index (χ1v) is 10.6. The number of sulfone groups is 1. The van der Waals surface area contributed by atoms with E-state index in [4.69, 9.17) is 11.6 Å². The Hall–Kier alpha value is -1.77. The van der Waals surface area contributed by atoms with Crippen LogP contribution in [0.1, 0.15) is 18.1 Å². The Morgan fingerprint density at radius 2 is 1.96 bits per heavy atom. The molecular formula is C17H15BrClN3O3S.